The van der Waals surface area contributed by atoms with E-state index < -0.39 is 18.0 Å². The van der Waals surface area contributed by atoms with Crippen LogP contribution in [0.3, 0.4) is 0 Å². The van der Waals surface area contributed by atoms with Gasteiger partial charge in [-0.15, -0.1) is 0 Å². The van der Waals surface area contributed by atoms with Crippen molar-refractivity contribution < 1.29 is 19.2 Å². The van der Waals surface area contributed by atoms with Crippen LogP contribution in [0.4, 0.5) is 4.79 Å². The number of amides is 2. The molecular formula is C11H18N4O4. The quantitative estimate of drug-likeness (QED) is 0.660. The van der Waals surface area contributed by atoms with Gasteiger partial charge in [-0.3, -0.25) is 0 Å². The number of nitrogens with one attached hydrogen (secondary N) is 2. The van der Waals surface area contributed by atoms with Gasteiger partial charge in [-0.05, 0) is 5.92 Å². The maximum Gasteiger partial charge on any atom is 0.326 e. The summed E-state index contributed by atoms with van der Waals surface area (Å²) in [5, 5.41) is 17.4. The Hall–Kier alpha value is -2.12. The Morgan fingerprint density at radius 2 is 2.26 bits per heavy atom. The summed E-state index contributed by atoms with van der Waals surface area (Å²) in [4.78, 5) is 26.4. The van der Waals surface area contributed by atoms with E-state index in [1.165, 1.54) is 6.33 Å². The molecule has 2 amide bonds. The van der Waals surface area contributed by atoms with Gasteiger partial charge in [0.15, 0.2) is 6.33 Å². The summed E-state index contributed by atoms with van der Waals surface area (Å²) in [5.41, 5.74) is 0. The molecule has 0 spiro atoms. The minimum absolute atomic E-state index is 0.140. The zero-order chi connectivity index (χ0) is 14.3. The van der Waals surface area contributed by atoms with Gasteiger partial charge in [-0.1, -0.05) is 25.4 Å². The fourth-order valence-corrected chi connectivity index (χ4v) is 1.46. The summed E-state index contributed by atoms with van der Waals surface area (Å²) in [7, 11) is 0. The summed E-state index contributed by atoms with van der Waals surface area (Å²) >= 11 is 0. The highest BCUT2D eigenvalue weighted by Gasteiger charge is 2.24. The molecule has 8 heteroatoms. The highest BCUT2D eigenvalue weighted by molar-refractivity contribution is 5.82. The van der Waals surface area contributed by atoms with Gasteiger partial charge in [0.05, 0.1) is 0 Å². The topological polar surface area (TPSA) is 117 Å². The Labute approximate surface area is 110 Å². The van der Waals surface area contributed by atoms with Crippen molar-refractivity contribution in [3.8, 4) is 0 Å². The van der Waals surface area contributed by atoms with E-state index in [1.54, 1.807) is 6.92 Å². The summed E-state index contributed by atoms with van der Waals surface area (Å²) in [6.45, 7) is 3.94. The second-order valence-electron chi connectivity index (χ2n) is 4.19. The van der Waals surface area contributed by atoms with Crippen LogP contribution in [0.25, 0.3) is 0 Å². The summed E-state index contributed by atoms with van der Waals surface area (Å²) in [5.74, 6) is -0.766. The number of urea groups is 1. The average Bonchev–Trinajstić information content (AvgIpc) is 2.87. The highest BCUT2D eigenvalue weighted by atomic mass is 16.5. The lowest BCUT2D eigenvalue weighted by atomic mass is 9.99. The zero-order valence-corrected chi connectivity index (χ0v) is 10.9. The molecule has 8 nitrogen and oxygen atoms in total. The van der Waals surface area contributed by atoms with Gasteiger partial charge in [-0.25, -0.2) is 9.59 Å². The molecule has 0 aromatic carbocycles. The molecule has 0 aliphatic carbocycles. The predicted octanol–water partition coefficient (Wildman–Crippen LogP) is 0.411. The van der Waals surface area contributed by atoms with Crippen molar-refractivity contribution in [2.75, 3.05) is 6.54 Å². The first-order valence-electron chi connectivity index (χ1n) is 6.07. The Bertz CT molecular complexity index is 407. The molecule has 19 heavy (non-hydrogen) atoms. The first-order chi connectivity index (χ1) is 9.04. The van der Waals surface area contributed by atoms with Crippen molar-refractivity contribution in [2.45, 2.75) is 32.7 Å². The molecule has 0 saturated carbocycles. The van der Waals surface area contributed by atoms with Crippen molar-refractivity contribution in [3.05, 3.63) is 12.2 Å². The predicted molar refractivity (Wildman–Crippen MR) is 65.4 cm³/mol. The molecule has 1 aromatic heterocycles. The van der Waals surface area contributed by atoms with Crippen LogP contribution in [0.1, 0.15) is 26.2 Å². The molecule has 0 radical (unpaired) electrons. The number of carboxylic acids is 1. The van der Waals surface area contributed by atoms with E-state index in [0.717, 1.165) is 0 Å². The fourth-order valence-electron chi connectivity index (χ4n) is 1.46. The molecule has 3 N–H and O–H groups in total. The van der Waals surface area contributed by atoms with E-state index in [-0.39, 0.29) is 5.92 Å². The maximum atomic E-state index is 11.6. The molecule has 0 bridgehead atoms. The van der Waals surface area contributed by atoms with Crippen molar-refractivity contribution in [3.63, 3.8) is 0 Å². The van der Waals surface area contributed by atoms with Crippen LogP contribution in [-0.2, 0) is 11.2 Å². The first kappa shape index (κ1) is 14.9. The third kappa shape index (κ3) is 4.94. The van der Waals surface area contributed by atoms with Gasteiger partial charge < -0.3 is 20.3 Å². The molecular weight excluding hydrogens is 252 g/mol. The first-order valence-corrected chi connectivity index (χ1v) is 6.07. The Morgan fingerprint density at radius 1 is 1.53 bits per heavy atom. The zero-order valence-electron chi connectivity index (χ0n) is 10.9. The van der Waals surface area contributed by atoms with E-state index in [4.69, 9.17) is 9.63 Å². The number of hydrogen-bond donors (Lipinski definition) is 3. The minimum Gasteiger partial charge on any atom is -0.480 e. The van der Waals surface area contributed by atoms with Gasteiger partial charge in [-0.2, -0.15) is 4.98 Å². The van der Waals surface area contributed by atoms with Gasteiger partial charge in [0.2, 0.25) is 5.89 Å². The second-order valence-corrected chi connectivity index (χ2v) is 4.19. The molecule has 106 valence electrons. The normalized spacial score (nSPS) is 13.6. The Kier molecular flexibility index (Phi) is 5.77. The van der Waals surface area contributed by atoms with E-state index in [1.807, 2.05) is 6.92 Å². The average molecular weight is 270 g/mol. The largest absolute Gasteiger partial charge is 0.480 e. The Balaban J connectivity index is 2.34. The number of nitrogens with zero attached hydrogens (tertiary/aromatic N) is 2. The molecule has 0 fully saturated rings. The minimum atomic E-state index is -1.04. The standard InChI is InChI=1S/C11H18N4O4/c1-3-7(2)9(10(16)17)15-11(18)12-5-4-8-13-6-14-19-8/h6-7,9H,3-5H2,1-2H3,(H,16,17)(H2,12,15,18)/t7?,9-/m0/s1. The van der Waals surface area contributed by atoms with E-state index >= 15 is 0 Å². The molecule has 1 rings (SSSR count). The van der Waals surface area contributed by atoms with Gasteiger partial charge in [0.1, 0.15) is 6.04 Å². The molecule has 0 aliphatic rings. The monoisotopic (exact) mass is 270 g/mol. The number of rotatable bonds is 7. The van der Waals surface area contributed by atoms with Crippen LogP contribution in [0.2, 0.25) is 0 Å². The maximum absolute atomic E-state index is 11.6. The van der Waals surface area contributed by atoms with E-state index in [2.05, 4.69) is 20.8 Å². The van der Waals surface area contributed by atoms with Crippen LogP contribution in [0, 0.1) is 5.92 Å². The van der Waals surface area contributed by atoms with Crippen LogP contribution < -0.4 is 10.6 Å². The van der Waals surface area contributed by atoms with Crippen LogP contribution in [0.15, 0.2) is 10.9 Å². The Morgan fingerprint density at radius 3 is 2.79 bits per heavy atom. The van der Waals surface area contributed by atoms with Crippen molar-refractivity contribution >= 4 is 12.0 Å². The van der Waals surface area contributed by atoms with Crippen LogP contribution in [0.5, 0.6) is 0 Å². The third-order valence-corrected chi connectivity index (χ3v) is 2.80. The number of aliphatic carboxylic acids is 1. The fraction of sp³-hybridized carbons (Fsp3) is 0.636. The van der Waals surface area contributed by atoms with Gasteiger partial charge >= 0.3 is 12.0 Å². The summed E-state index contributed by atoms with van der Waals surface area (Å²) in [6, 6.07) is -1.42. The molecule has 1 aromatic rings. The third-order valence-electron chi connectivity index (χ3n) is 2.80. The number of aromatic nitrogens is 2. The molecule has 1 unspecified atom stereocenters. The number of carbonyl (C=O) groups is 2. The number of hydrogen-bond acceptors (Lipinski definition) is 5. The number of carbonyl (C=O) groups excluding carboxylic acids is 1. The van der Waals surface area contributed by atoms with E-state index in [0.29, 0.717) is 25.3 Å². The molecule has 2 atom stereocenters. The smallest absolute Gasteiger partial charge is 0.326 e. The van der Waals surface area contributed by atoms with E-state index in [9.17, 15) is 9.59 Å². The summed E-state index contributed by atoms with van der Waals surface area (Å²) < 4.78 is 4.76. The second kappa shape index (κ2) is 7.34. The van der Waals surface area contributed by atoms with Gasteiger partial charge in [0, 0.05) is 13.0 Å². The molecule has 0 saturated heterocycles. The lowest BCUT2D eigenvalue weighted by Crippen LogP contribution is -2.49. The highest BCUT2D eigenvalue weighted by Crippen LogP contribution is 2.07. The lowest BCUT2D eigenvalue weighted by Gasteiger charge is -2.20. The van der Waals surface area contributed by atoms with Crippen molar-refractivity contribution in [2.24, 2.45) is 5.92 Å². The van der Waals surface area contributed by atoms with Crippen molar-refractivity contribution in [1.82, 2.24) is 20.8 Å². The summed E-state index contributed by atoms with van der Waals surface area (Å²) in [6.07, 6.45) is 2.34. The molecule has 0 aliphatic heterocycles. The SMILES string of the molecule is CCC(C)[C@H](NC(=O)NCCc1ncno1)C(=O)O. The van der Waals surface area contributed by atoms with Crippen molar-refractivity contribution in [1.29, 1.82) is 0 Å². The lowest BCUT2D eigenvalue weighted by molar-refractivity contribution is -0.140. The molecule has 1 heterocycles. The van der Waals surface area contributed by atoms with Crippen LogP contribution >= 0.6 is 0 Å². The van der Waals surface area contributed by atoms with Gasteiger partial charge in [0.25, 0.3) is 0 Å². The number of carboxylic acid groups (broad SMARTS) is 1. The van der Waals surface area contributed by atoms with Crippen LogP contribution in [-0.4, -0.2) is 39.8 Å².